The van der Waals surface area contributed by atoms with Crippen molar-refractivity contribution in [3.05, 3.63) is 61.6 Å². The highest BCUT2D eigenvalue weighted by atomic mass is 32.2. The number of aliphatic hydroxyl groups is 2. The second-order valence-electron chi connectivity index (χ2n) is 10.9. The Morgan fingerprint density at radius 3 is 2.60 bits per heavy atom. The van der Waals surface area contributed by atoms with Gasteiger partial charge in [0.15, 0.2) is 5.13 Å². The van der Waals surface area contributed by atoms with E-state index in [9.17, 15) is 34.7 Å². The average molecular weight is 632 g/mol. The second-order valence-corrected chi connectivity index (χ2v) is 13.1. The number of hydrogen-bond donors (Lipinski definition) is 3. The van der Waals surface area contributed by atoms with E-state index in [0.717, 1.165) is 4.91 Å². The lowest BCUT2D eigenvalue weighted by molar-refractivity contribution is -0.384. The molecule has 0 bridgehead atoms. The van der Waals surface area contributed by atoms with Crippen molar-refractivity contribution >= 4 is 51.7 Å². The molecule has 0 spiro atoms. The fraction of sp³-hybridized carbons (Fsp3) is 0.500. The highest BCUT2D eigenvalue weighted by Gasteiger charge is 2.60. The van der Waals surface area contributed by atoms with E-state index in [4.69, 9.17) is 4.74 Å². The predicted molar refractivity (Wildman–Crippen MR) is 159 cm³/mol. The van der Waals surface area contributed by atoms with Gasteiger partial charge in [-0.3, -0.25) is 19.7 Å². The number of non-ortho nitro benzene ring substituents is 1. The Morgan fingerprint density at radius 1 is 1.30 bits per heavy atom. The van der Waals surface area contributed by atoms with Crippen LogP contribution in [0.15, 0.2) is 40.2 Å². The molecule has 1 aromatic carbocycles. The van der Waals surface area contributed by atoms with Gasteiger partial charge in [-0.1, -0.05) is 13.8 Å². The first-order valence-corrected chi connectivity index (χ1v) is 15.7. The number of nitro benzene ring substituents is 1. The Kier molecular flexibility index (Phi) is 9.06. The van der Waals surface area contributed by atoms with Gasteiger partial charge in [-0.15, -0.1) is 23.1 Å². The summed E-state index contributed by atoms with van der Waals surface area (Å²) in [6, 6.07) is 5.02. The van der Waals surface area contributed by atoms with E-state index in [1.807, 2.05) is 18.7 Å². The topological polar surface area (TPSA) is 175 Å². The SMILES string of the molecule is CC[C@@H](CO)NC(=O)c1csc(N2CC(SC3=C(C(=O)OCc4ccc([N+](=O)[O-])cc4)N4C(=O)[C@H]([C@@H](C)O)[C@H]4[C@H]3C)C2)n1. The van der Waals surface area contributed by atoms with Gasteiger partial charge in [0.2, 0.25) is 5.91 Å². The third kappa shape index (κ3) is 5.98. The smallest absolute Gasteiger partial charge is 0.356 e. The fourth-order valence-electron chi connectivity index (χ4n) is 5.50. The van der Waals surface area contributed by atoms with Crippen LogP contribution in [0.3, 0.4) is 0 Å². The summed E-state index contributed by atoms with van der Waals surface area (Å²) in [5.41, 5.74) is 0.978. The summed E-state index contributed by atoms with van der Waals surface area (Å²) in [6.07, 6.45) is -0.258. The molecule has 15 heteroatoms. The predicted octanol–water partition coefficient (Wildman–Crippen LogP) is 2.29. The number of hydrogen-bond acceptors (Lipinski definition) is 12. The lowest BCUT2D eigenvalue weighted by Gasteiger charge is -2.46. The standard InChI is InChI=1S/C28H33N5O8S2/c1-4-17(11-34)29-25(36)20-13-42-28(30-20)31-9-19(10-31)43-24-14(2)22-21(15(3)35)26(37)32(22)23(24)27(38)41-12-16-5-7-18(8-6-16)33(39)40/h5-8,13-15,17,19,21-22,34-35H,4,9-12H2,1-3H3,(H,29,36)/t14-,15-,17+,21-,22-/m1/s1. The largest absolute Gasteiger partial charge is 0.456 e. The summed E-state index contributed by atoms with van der Waals surface area (Å²) < 4.78 is 5.57. The zero-order valence-corrected chi connectivity index (χ0v) is 25.5. The van der Waals surface area contributed by atoms with Crippen molar-refractivity contribution in [2.24, 2.45) is 11.8 Å². The van der Waals surface area contributed by atoms with Gasteiger partial charge in [0.1, 0.15) is 18.0 Å². The molecule has 2 saturated heterocycles. The molecule has 2 amide bonds. The van der Waals surface area contributed by atoms with Crippen LogP contribution in [0.25, 0.3) is 0 Å². The van der Waals surface area contributed by atoms with Crippen molar-refractivity contribution in [1.82, 2.24) is 15.2 Å². The number of β-lactam (4-membered cyclic amide) rings is 1. The van der Waals surface area contributed by atoms with Crippen LogP contribution in [0.4, 0.5) is 10.8 Å². The van der Waals surface area contributed by atoms with Gasteiger partial charge in [-0.25, -0.2) is 9.78 Å². The summed E-state index contributed by atoms with van der Waals surface area (Å²) in [5.74, 6) is -2.11. The molecule has 0 aliphatic carbocycles. The zero-order valence-electron chi connectivity index (χ0n) is 23.8. The number of benzene rings is 1. The highest BCUT2D eigenvalue weighted by molar-refractivity contribution is 8.03. The number of aromatic nitrogens is 1. The van der Waals surface area contributed by atoms with E-state index < -0.39 is 22.9 Å². The molecule has 230 valence electrons. The first kappa shape index (κ1) is 30.9. The van der Waals surface area contributed by atoms with Crippen LogP contribution in [0.1, 0.15) is 43.2 Å². The molecule has 3 N–H and O–H groups in total. The number of thioether (sulfide) groups is 1. The summed E-state index contributed by atoms with van der Waals surface area (Å²) >= 11 is 2.87. The molecular weight excluding hydrogens is 598 g/mol. The molecule has 43 heavy (non-hydrogen) atoms. The monoisotopic (exact) mass is 631 g/mol. The molecule has 3 aliphatic heterocycles. The van der Waals surface area contributed by atoms with Crippen molar-refractivity contribution in [2.45, 2.75) is 57.2 Å². The molecule has 1 aromatic heterocycles. The van der Waals surface area contributed by atoms with Crippen LogP contribution in [0.5, 0.6) is 0 Å². The minimum absolute atomic E-state index is 0.0714. The molecular formula is C28H33N5O8S2. The number of aliphatic hydroxyl groups excluding tert-OH is 2. The molecule has 2 fully saturated rings. The van der Waals surface area contributed by atoms with E-state index in [-0.39, 0.29) is 59.7 Å². The molecule has 0 radical (unpaired) electrons. The Bertz CT molecular complexity index is 1430. The number of esters is 1. The lowest BCUT2D eigenvalue weighted by Crippen LogP contribution is -2.63. The minimum Gasteiger partial charge on any atom is -0.456 e. The number of amides is 2. The Hall–Kier alpha value is -3.53. The van der Waals surface area contributed by atoms with Crippen molar-refractivity contribution < 1.29 is 34.3 Å². The summed E-state index contributed by atoms with van der Waals surface area (Å²) in [4.78, 5) is 58.0. The van der Waals surface area contributed by atoms with Crippen LogP contribution >= 0.6 is 23.1 Å². The number of nitrogens with zero attached hydrogens (tertiary/aromatic N) is 4. The molecule has 4 heterocycles. The summed E-state index contributed by atoms with van der Waals surface area (Å²) in [7, 11) is 0. The Balaban J connectivity index is 1.26. The number of anilines is 1. The number of nitro groups is 1. The van der Waals surface area contributed by atoms with E-state index in [0.29, 0.717) is 35.9 Å². The number of ether oxygens (including phenoxy) is 1. The number of thiazole rings is 1. The van der Waals surface area contributed by atoms with E-state index in [2.05, 4.69) is 10.3 Å². The molecule has 2 aromatic rings. The number of rotatable bonds is 12. The van der Waals surface area contributed by atoms with Gasteiger partial charge in [-0.2, -0.15) is 0 Å². The third-order valence-corrected chi connectivity index (χ3v) is 10.4. The molecule has 13 nitrogen and oxygen atoms in total. The van der Waals surface area contributed by atoms with E-state index >= 15 is 0 Å². The van der Waals surface area contributed by atoms with Crippen molar-refractivity contribution in [3.8, 4) is 0 Å². The average Bonchev–Trinajstić information content (AvgIpc) is 3.53. The van der Waals surface area contributed by atoms with E-state index in [1.165, 1.54) is 52.3 Å². The maximum absolute atomic E-state index is 13.4. The van der Waals surface area contributed by atoms with Crippen LogP contribution in [-0.2, 0) is 20.9 Å². The molecule has 5 atom stereocenters. The van der Waals surface area contributed by atoms with Crippen molar-refractivity contribution in [3.63, 3.8) is 0 Å². The van der Waals surface area contributed by atoms with Crippen LogP contribution in [0, 0.1) is 22.0 Å². The molecule has 0 saturated carbocycles. The van der Waals surface area contributed by atoms with Gasteiger partial charge < -0.3 is 30.1 Å². The van der Waals surface area contributed by atoms with E-state index in [1.54, 1.807) is 12.3 Å². The molecule has 0 unspecified atom stereocenters. The first-order chi connectivity index (χ1) is 20.5. The number of carbonyl (C=O) groups is 3. The lowest BCUT2D eigenvalue weighted by atomic mass is 9.79. The summed E-state index contributed by atoms with van der Waals surface area (Å²) in [5, 5.41) is 35.8. The Morgan fingerprint density at radius 2 is 2.00 bits per heavy atom. The van der Waals surface area contributed by atoms with Gasteiger partial charge in [-0.05, 0) is 31.0 Å². The van der Waals surface area contributed by atoms with Crippen LogP contribution < -0.4 is 10.2 Å². The van der Waals surface area contributed by atoms with Crippen LogP contribution in [0.2, 0.25) is 0 Å². The maximum atomic E-state index is 13.4. The molecule has 3 aliphatic rings. The second kappa shape index (κ2) is 12.6. The van der Waals surface area contributed by atoms with Crippen molar-refractivity contribution in [2.75, 3.05) is 24.6 Å². The molecule has 5 rings (SSSR count). The quantitative estimate of drug-likeness (QED) is 0.136. The fourth-order valence-corrected chi connectivity index (χ4v) is 7.84. The zero-order chi connectivity index (χ0) is 31.0. The van der Waals surface area contributed by atoms with Gasteiger partial charge in [0.25, 0.3) is 11.6 Å². The van der Waals surface area contributed by atoms with Gasteiger partial charge in [0, 0.05) is 46.7 Å². The maximum Gasteiger partial charge on any atom is 0.356 e. The van der Waals surface area contributed by atoms with Gasteiger partial charge >= 0.3 is 5.97 Å². The number of carbonyl (C=O) groups excluding carboxylic acids is 3. The number of fused-ring (bicyclic) bond motifs is 1. The van der Waals surface area contributed by atoms with Gasteiger partial charge in [0.05, 0.1) is 35.6 Å². The number of nitrogens with one attached hydrogen (secondary N) is 1. The summed E-state index contributed by atoms with van der Waals surface area (Å²) in [6.45, 7) is 6.36. The minimum atomic E-state index is -0.863. The Labute approximate surface area is 256 Å². The normalized spacial score (nSPS) is 22.9. The van der Waals surface area contributed by atoms with Crippen LogP contribution in [-0.4, -0.2) is 85.9 Å². The third-order valence-electron chi connectivity index (χ3n) is 8.00. The highest BCUT2D eigenvalue weighted by Crippen LogP contribution is 2.52. The van der Waals surface area contributed by atoms with Crippen molar-refractivity contribution in [1.29, 1.82) is 0 Å². The first-order valence-electron chi connectivity index (χ1n) is 14.0.